The number of hydrogen-bond acceptors (Lipinski definition) is 8. The maximum atomic E-state index is 14.4. The van der Waals surface area contributed by atoms with Crippen LogP contribution in [0, 0.1) is 0 Å². The molecule has 0 spiro atoms. The van der Waals surface area contributed by atoms with E-state index in [-0.39, 0.29) is 76.7 Å². The normalized spacial score (nSPS) is 21.2. The first kappa shape index (κ1) is 41.8. The fourth-order valence-electron chi connectivity index (χ4n) is 6.47. The first-order valence-electron chi connectivity index (χ1n) is 15.2. The molecule has 0 radical (unpaired) electrons. The summed E-state index contributed by atoms with van der Waals surface area (Å²) in [5.41, 5.74) is 1.21. The van der Waals surface area contributed by atoms with Gasteiger partial charge in [0, 0.05) is 44.9 Å². The molecule has 1 N–H and O–H groups in total. The number of fused-ring (bicyclic) bond motifs is 1. The van der Waals surface area contributed by atoms with Gasteiger partial charge in [-0.2, -0.15) is 0 Å². The number of rotatable bonds is 10. The van der Waals surface area contributed by atoms with E-state index in [0.29, 0.717) is 45.7 Å². The van der Waals surface area contributed by atoms with Gasteiger partial charge in [-0.05, 0) is 53.3 Å². The fraction of sp³-hybridized carbons (Fsp3) is 0.382. The van der Waals surface area contributed by atoms with Gasteiger partial charge >= 0.3 is 59.1 Å². The second kappa shape index (κ2) is 17.3. The van der Waals surface area contributed by atoms with Crippen LogP contribution < -0.4 is 74.0 Å². The van der Waals surface area contributed by atoms with E-state index in [2.05, 4.69) is 9.88 Å². The van der Waals surface area contributed by atoms with Crippen LogP contribution in [0.4, 0.5) is 0 Å². The Hall–Kier alpha value is -1.64. The summed E-state index contributed by atoms with van der Waals surface area (Å²) in [6.45, 7) is 3.02. The fourth-order valence-corrected chi connectivity index (χ4v) is 7.82. The Morgan fingerprint density at radius 1 is 1.00 bits per heavy atom. The summed E-state index contributed by atoms with van der Waals surface area (Å²) < 4.78 is 27.5. The summed E-state index contributed by atoms with van der Waals surface area (Å²) in [7, 11) is -3.62. The Bertz CT molecular complexity index is 1810. The largest absolute Gasteiger partial charge is 1.00 e. The van der Waals surface area contributed by atoms with Crippen molar-refractivity contribution in [2.45, 2.75) is 75.6 Å². The van der Waals surface area contributed by atoms with Crippen molar-refractivity contribution in [3.05, 3.63) is 105 Å². The van der Waals surface area contributed by atoms with E-state index in [4.69, 9.17) is 28.0 Å². The second-order valence-corrected chi connectivity index (χ2v) is 15.2. The molecule has 3 aromatic rings. The van der Waals surface area contributed by atoms with Crippen LogP contribution in [0.1, 0.15) is 84.1 Å². The summed E-state index contributed by atoms with van der Waals surface area (Å²) >= 11 is 13.0. The number of benzene rings is 3. The second-order valence-electron chi connectivity index (χ2n) is 12.5. The first-order valence-corrected chi connectivity index (χ1v) is 17.9. The van der Waals surface area contributed by atoms with E-state index in [1.807, 2.05) is 0 Å². The molecule has 0 unspecified atom stereocenters. The third-order valence-electron chi connectivity index (χ3n) is 8.95. The molecule has 1 fully saturated rings. The minimum Gasteiger partial charge on any atom is -0.859 e. The number of carboxylic acid groups (broad SMARTS) is 1. The van der Waals surface area contributed by atoms with Crippen molar-refractivity contribution < 1.29 is 92.2 Å². The number of sulfonamides is 1. The van der Waals surface area contributed by atoms with E-state index in [1.54, 1.807) is 79.4 Å². The van der Waals surface area contributed by atoms with E-state index in [0.717, 1.165) is 19.1 Å². The van der Waals surface area contributed by atoms with Crippen LogP contribution in [-0.4, -0.2) is 49.4 Å². The van der Waals surface area contributed by atoms with Gasteiger partial charge in [-0.1, -0.05) is 98.4 Å². The molecule has 4 atom stereocenters. The summed E-state index contributed by atoms with van der Waals surface area (Å²) in [4.78, 5) is 33.0. The smallest absolute Gasteiger partial charge is 0.859 e. The van der Waals surface area contributed by atoms with Gasteiger partial charge in [0.25, 0.3) is 5.91 Å². The minimum absolute atomic E-state index is 0. The molecule has 1 saturated carbocycles. The minimum atomic E-state index is -3.62. The van der Waals surface area contributed by atoms with E-state index in [9.17, 15) is 28.2 Å². The van der Waals surface area contributed by atoms with Gasteiger partial charge in [0.1, 0.15) is 6.61 Å². The van der Waals surface area contributed by atoms with Gasteiger partial charge in [-0.15, -0.1) is 5.16 Å². The number of oxime groups is 1. The molecular formula is C34H35Cl2N3Na2O7S. The van der Waals surface area contributed by atoms with Crippen LogP contribution in [0.3, 0.4) is 0 Å². The molecule has 3 aromatic carbocycles. The van der Waals surface area contributed by atoms with Crippen molar-refractivity contribution in [3.8, 4) is 0 Å². The summed E-state index contributed by atoms with van der Waals surface area (Å²) in [5, 5.41) is 30.3. The molecule has 250 valence electrons. The quantitative estimate of drug-likeness (QED) is 0.110. The Kier molecular flexibility index (Phi) is 14.7. The van der Waals surface area contributed by atoms with Gasteiger partial charge < -0.3 is 24.7 Å². The standard InChI is InChI=1S/C34H37Cl2N3O7S.2Na/c1-34(2,33(42)43)21-14-12-20(13-15-21)19-46-37-31(40)29-23-8-4-5-9-24(23)32(41)39(30(29)25-17-16-22(35)18-26(25)36)28-11-7-6-10-27(28)38-47(3,44)45;;/h4-5,8-9,12-18,27-30,38H,6-7,10-11,19H2,1-3H3,(H,37,40)(H,42,43);;/q;2*+1/p-2/t27-,28-,29+,30-;;/m0../s1. The Balaban J connectivity index is 0.00000325. The van der Waals surface area contributed by atoms with E-state index in [1.165, 1.54) is 6.07 Å². The van der Waals surface area contributed by atoms with Gasteiger partial charge in [0.05, 0.1) is 18.3 Å². The number of carbonyl (C=O) groups is 2. The van der Waals surface area contributed by atoms with Crippen LogP contribution in [0.5, 0.6) is 0 Å². The van der Waals surface area contributed by atoms with Crippen molar-refractivity contribution in [2.75, 3.05) is 6.26 Å². The number of halogens is 2. The molecule has 1 heterocycles. The maximum absolute atomic E-state index is 14.4. The monoisotopic (exact) mass is 745 g/mol. The topological polar surface area (TPSA) is 151 Å². The number of carboxylic acids is 1. The van der Waals surface area contributed by atoms with Gasteiger partial charge in [0.15, 0.2) is 0 Å². The molecule has 1 aliphatic heterocycles. The third-order valence-corrected chi connectivity index (χ3v) is 10.2. The van der Waals surface area contributed by atoms with Gasteiger partial charge in [-0.3, -0.25) is 4.79 Å². The number of carbonyl (C=O) groups excluding carboxylic acids is 2. The van der Waals surface area contributed by atoms with Crippen LogP contribution >= 0.6 is 23.2 Å². The number of amides is 1. The summed E-state index contributed by atoms with van der Waals surface area (Å²) in [6, 6.07) is 16.2. The molecule has 10 nitrogen and oxygen atoms in total. The van der Waals surface area contributed by atoms with Crippen molar-refractivity contribution in [1.29, 1.82) is 0 Å². The molecule has 2 aliphatic rings. The molecular weight excluding hydrogens is 711 g/mol. The van der Waals surface area contributed by atoms with Crippen molar-refractivity contribution in [2.24, 2.45) is 5.16 Å². The number of hydrogen-bond donors (Lipinski definition) is 1. The third kappa shape index (κ3) is 9.43. The number of aliphatic carboxylic acids is 1. The van der Waals surface area contributed by atoms with Gasteiger partial charge in [-0.25, -0.2) is 13.1 Å². The average molecular weight is 747 g/mol. The van der Waals surface area contributed by atoms with Crippen LogP contribution in [0.25, 0.3) is 0 Å². The Labute approximate surface area is 341 Å². The van der Waals surface area contributed by atoms with Crippen molar-refractivity contribution >= 4 is 51.0 Å². The first-order chi connectivity index (χ1) is 22.2. The van der Waals surface area contributed by atoms with Crippen molar-refractivity contribution in [1.82, 2.24) is 9.62 Å². The van der Waals surface area contributed by atoms with Crippen LogP contribution in [-0.2, 0) is 31.7 Å². The molecule has 0 saturated heterocycles. The van der Waals surface area contributed by atoms with Crippen molar-refractivity contribution in [3.63, 3.8) is 0 Å². The number of nitrogens with zero attached hydrogens (tertiary/aromatic N) is 2. The summed E-state index contributed by atoms with van der Waals surface area (Å²) in [5.74, 6) is -3.27. The molecule has 1 aliphatic carbocycles. The average Bonchev–Trinajstić information content (AvgIpc) is 3.01. The Morgan fingerprint density at radius 2 is 1.65 bits per heavy atom. The zero-order chi connectivity index (χ0) is 34.1. The van der Waals surface area contributed by atoms with Gasteiger partial charge in [0.2, 0.25) is 10.0 Å². The van der Waals surface area contributed by atoms with E-state index < -0.39 is 51.3 Å². The zero-order valence-electron chi connectivity index (χ0n) is 28.1. The van der Waals surface area contributed by atoms with E-state index >= 15 is 0 Å². The Morgan fingerprint density at radius 3 is 2.29 bits per heavy atom. The molecule has 49 heavy (non-hydrogen) atoms. The SMILES string of the molecule is CC(C)(C(=O)[O-])c1ccc(CON=C([O-])[C@@H]2c3ccccc3C(=O)N([C@H]3CCCC[C@@H]3NS(C)(=O)=O)[C@H]2c2ccc(Cl)cc2Cl)cc1.[Na+].[Na+]. The van der Waals surface area contributed by atoms with Crippen LogP contribution in [0.2, 0.25) is 10.0 Å². The van der Waals surface area contributed by atoms with Crippen LogP contribution in [0.15, 0.2) is 71.9 Å². The predicted molar refractivity (Wildman–Crippen MR) is 175 cm³/mol. The molecule has 0 aromatic heterocycles. The molecule has 15 heteroatoms. The summed E-state index contributed by atoms with van der Waals surface area (Å²) in [6.07, 6.45) is 3.62. The molecule has 5 rings (SSSR count). The number of nitrogens with one attached hydrogen (secondary N) is 1. The predicted octanol–water partition coefficient (Wildman–Crippen LogP) is -1.94. The molecule has 1 amide bonds. The zero-order valence-corrected chi connectivity index (χ0v) is 34.4. The molecule has 0 bridgehead atoms. The maximum Gasteiger partial charge on any atom is 1.00 e.